The van der Waals surface area contributed by atoms with Gasteiger partial charge in [0, 0.05) is 13.0 Å². The Balaban J connectivity index is 2.29. The minimum atomic E-state index is -0.0306. The van der Waals surface area contributed by atoms with E-state index < -0.39 is 0 Å². The van der Waals surface area contributed by atoms with E-state index >= 15 is 0 Å². The van der Waals surface area contributed by atoms with E-state index in [1.807, 2.05) is 74.4 Å². The summed E-state index contributed by atoms with van der Waals surface area (Å²) in [4.78, 5) is 12.3. The molecule has 0 bridgehead atoms. The molecule has 0 unspecified atom stereocenters. The van der Waals surface area contributed by atoms with E-state index in [-0.39, 0.29) is 11.8 Å². The average Bonchev–Trinajstić information content (AvgIpc) is 2.53. The minimum Gasteiger partial charge on any atom is -0.279 e. The van der Waals surface area contributed by atoms with E-state index in [2.05, 4.69) is 12.1 Å². The largest absolute Gasteiger partial charge is 0.279 e. The fraction of sp³-hybridized carbons (Fsp3) is 0.278. The highest BCUT2D eigenvalue weighted by Gasteiger charge is 2.20. The zero-order chi connectivity index (χ0) is 15.2. The average molecular weight is 282 g/mol. The Morgan fingerprint density at radius 2 is 1.48 bits per heavy atom. The van der Waals surface area contributed by atoms with Gasteiger partial charge < -0.3 is 0 Å². The number of anilines is 1. The van der Waals surface area contributed by atoms with Gasteiger partial charge in [0.1, 0.15) is 0 Å². The molecule has 2 rings (SSSR count). The number of hydrogen-bond acceptors (Lipinski definition) is 2. The van der Waals surface area contributed by atoms with Gasteiger partial charge in [0.05, 0.1) is 12.2 Å². The molecule has 110 valence electrons. The van der Waals surface area contributed by atoms with E-state index in [4.69, 9.17) is 0 Å². The second-order valence-corrected chi connectivity index (χ2v) is 5.40. The van der Waals surface area contributed by atoms with E-state index in [9.17, 15) is 4.79 Å². The van der Waals surface area contributed by atoms with Crippen molar-refractivity contribution < 1.29 is 4.79 Å². The number of carbonyl (C=O) groups excluding carboxylic acids is 1. The number of para-hydroxylation sites is 1. The number of hydrogen-bond donors (Lipinski definition) is 0. The molecule has 0 aliphatic rings. The third-order valence-electron chi connectivity index (χ3n) is 3.40. The summed E-state index contributed by atoms with van der Waals surface area (Å²) in [6.45, 7) is 4.51. The molecule has 0 aromatic heterocycles. The Labute approximate surface area is 126 Å². The standard InChI is InChI=1S/C18H22N2O/c1-15(2)18(21)19(3)20(17-12-8-5-9-13-17)14-16-10-6-4-7-11-16/h4-13,15H,14H2,1-3H3. The zero-order valence-electron chi connectivity index (χ0n) is 12.9. The van der Waals surface area contributed by atoms with Gasteiger partial charge in [-0.2, -0.15) is 0 Å². The maximum Gasteiger partial charge on any atom is 0.243 e. The van der Waals surface area contributed by atoms with Crippen LogP contribution in [0.4, 0.5) is 5.69 Å². The number of hydrazine groups is 1. The first-order chi connectivity index (χ1) is 10.1. The van der Waals surface area contributed by atoms with Gasteiger partial charge in [-0.15, -0.1) is 0 Å². The van der Waals surface area contributed by atoms with Crippen molar-refractivity contribution in [3.05, 3.63) is 66.2 Å². The van der Waals surface area contributed by atoms with Crippen molar-refractivity contribution in [2.45, 2.75) is 20.4 Å². The highest BCUT2D eigenvalue weighted by molar-refractivity contribution is 5.79. The van der Waals surface area contributed by atoms with Crippen molar-refractivity contribution >= 4 is 11.6 Å². The van der Waals surface area contributed by atoms with Crippen LogP contribution < -0.4 is 5.01 Å². The smallest absolute Gasteiger partial charge is 0.243 e. The molecule has 0 N–H and O–H groups in total. The first kappa shape index (κ1) is 15.1. The Morgan fingerprint density at radius 3 is 2.00 bits per heavy atom. The molecule has 3 nitrogen and oxygen atoms in total. The lowest BCUT2D eigenvalue weighted by Gasteiger charge is -2.35. The van der Waals surface area contributed by atoms with Gasteiger partial charge in [-0.1, -0.05) is 62.4 Å². The van der Waals surface area contributed by atoms with Crippen LogP contribution in [0.3, 0.4) is 0 Å². The van der Waals surface area contributed by atoms with Crippen LogP contribution in [-0.4, -0.2) is 18.0 Å². The molecule has 1 amide bonds. The lowest BCUT2D eigenvalue weighted by molar-refractivity contribution is -0.133. The Kier molecular flexibility index (Phi) is 4.99. The quantitative estimate of drug-likeness (QED) is 0.780. The molecule has 0 saturated carbocycles. The van der Waals surface area contributed by atoms with Crippen LogP contribution in [0.2, 0.25) is 0 Å². The maximum absolute atomic E-state index is 12.3. The molecule has 0 radical (unpaired) electrons. The molecule has 0 atom stereocenters. The maximum atomic E-state index is 12.3. The van der Waals surface area contributed by atoms with Gasteiger partial charge in [-0.05, 0) is 17.7 Å². The van der Waals surface area contributed by atoms with E-state index in [1.165, 1.54) is 5.56 Å². The van der Waals surface area contributed by atoms with Gasteiger partial charge in [0.25, 0.3) is 0 Å². The summed E-state index contributed by atoms with van der Waals surface area (Å²) < 4.78 is 0. The van der Waals surface area contributed by atoms with Gasteiger partial charge in [-0.3, -0.25) is 14.8 Å². The molecule has 0 spiro atoms. The SMILES string of the molecule is CC(C)C(=O)N(C)N(Cc1ccccc1)c1ccccc1. The van der Waals surface area contributed by atoms with Crippen molar-refractivity contribution in [1.29, 1.82) is 0 Å². The van der Waals surface area contributed by atoms with Crippen molar-refractivity contribution in [3.63, 3.8) is 0 Å². The van der Waals surface area contributed by atoms with Gasteiger partial charge in [0.2, 0.25) is 5.91 Å². The summed E-state index contributed by atoms with van der Waals surface area (Å²) in [6.07, 6.45) is 0. The first-order valence-corrected chi connectivity index (χ1v) is 7.23. The highest BCUT2D eigenvalue weighted by atomic mass is 16.2. The monoisotopic (exact) mass is 282 g/mol. The van der Waals surface area contributed by atoms with Gasteiger partial charge >= 0.3 is 0 Å². The summed E-state index contributed by atoms with van der Waals surface area (Å²) in [5, 5.41) is 3.73. The summed E-state index contributed by atoms with van der Waals surface area (Å²) >= 11 is 0. The van der Waals surface area contributed by atoms with Crippen molar-refractivity contribution in [1.82, 2.24) is 5.01 Å². The molecule has 0 aliphatic heterocycles. The summed E-state index contributed by atoms with van der Waals surface area (Å²) in [5.41, 5.74) is 2.18. The molecule has 2 aromatic carbocycles. The molecule has 21 heavy (non-hydrogen) atoms. The van der Waals surface area contributed by atoms with Gasteiger partial charge in [-0.25, -0.2) is 0 Å². The van der Waals surface area contributed by atoms with Crippen molar-refractivity contribution in [2.75, 3.05) is 12.1 Å². The van der Waals surface area contributed by atoms with Gasteiger partial charge in [0.15, 0.2) is 0 Å². The van der Waals surface area contributed by atoms with E-state index in [0.717, 1.165) is 5.69 Å². The summed E-state index contributed by atoms with van der Waals surface area (Å²) in [6, 6.07) is 20.2. The van der Waals surface area contributed by atoms with Crippen LogP contribution in [0.1, 0.15) is 19.4 Å². The number of rotatable bonds is 5. The molecule has 0 fully saturated rings. The molecular formula is C18H22N2O. The van der Waals surface area contributed by atoms with Crippen molar-refractivity contribution in [2.24, 2.45) is 5.92 Å². The molecule has 0 heterocycles. The number of nitrogens with zero attached hydrogens (tertiary/aromatic N) is 2. The molecular weight excluding hydrogens is 260 g/mol. The summed E-state index contributed by atoms with van der Waals surface area (Å²) in [5.74, 6) is 0.0757. The topological polar surface area (TPSA) is 23.6 Å². The number of benzene rings is 2. The Hall–Kier alpha value is -2.29. The third-order valence-corrected chi connectivity index (χ3v) is 3.40. The first-order valence-electron chi connectivity index (χ1n) is 7.23. The van der Waals surface area contributed by atoms with Crippen molar-refractivity contribution in [3.8, 4) is 0 Å². The van der Waals surface area contributed by atoms with E-state index in [1.54, 1.807) is 5.01 Å². The number of carbonyl (C=O) groups is 1. The molecule has 3 heteroatoms. The Morgan fingerprint density at radius 1 is 0.952 bits per heavy atom. The lowest BCUT2D eigenvalue weighted by atomic mass is 10.2. The second-order valence-electron chi connectivity index (χ2n) is 5.40. The van der Waals surface area contributed by atoms with Crippen LogP contribution in [0.5, 0.6) is 0 Å². The fourth-order valence-corrected chi connectivity index (χ4v) is 2.22. The van der Waals surface area contributed by atoms with Crippen LogP contribution in [0.15, 0.2) is 60.7 Å². The van der Waals surface area contributed by atoms with E-state index in [0.29, 0.717) is 6.54 Å². The van der Waals surface area contributed by atoms with Crippen LogP contribution in [0.25, 0.3) is 0 Å². The second kappa shape index (κ2) is 6.93. The molecule has 2 aromatic rings. The normalized spacial score (nSPS) is 10.5. The zero-order valence-corrected chi connectivity index (χ0v) is 12.9. The number of amides is 1. The van der Waals surface area contributed by atoms with Crippen LogP contribution in [0, 0.1) is 5.92 Å². The minimum absolute atomic E-state index is 0.0306. The van der Waals surface area contributed by atoms with Crippen LogP contribution >= 0.6 is 0 Å². The predicted octanol–water partition coefficient (Wildman–Crippen LogP) is 3.72. The highest BCUT2D eigenvalue weighted by Crippen LogP contribution is 2.19. The predicted molar refractivity (Wildman–Crippen MR) is 86.7 cm³/mol. The van der Waals surface area contributed by atoms with Crippen LogP contribution in [-0.2, 0) is 11.3 Å². The molecule has 0 aliphatic carbocycles. The molecule has 0 saturated heterocycles. The Bertz CT molecular complexity index is 566. The summed E-state index contributed by atoms with van der Waals surface area (Å²) in [7, 11) is 1.83. The lowest BCUT2D eigenvalue weighted by Crippen LogP contribution is -2.45. The fourth-order valence-electron chi connectivity index (χ4n) is 2.22. The third kappa shape index (κ3) is 3.85.